The number of terminal acetylenes is 1. The summed E-state index contributed by atoms with van der Waals surface area (Å²) in [6, 6.07) is 6.38. The Bertz CT molecular complexity index is 1090. The van der Waals surface area contributed by atoms with Gasteiger partial charge in [-0.2, -0.15) is 5.10 Å². The van der Waals surface area contributed by atoms with Gasteiger partial charge in [0, 0.05) is 48.6 Å². The number of hydrogen-bond donors (Lipinski definition) is 4. The number of aliphatic imine (C=N–C) groups is 1. The number of aromatic amines is 1. The van der Waals surface area contributed by atoms with Crippen LogP contribution in [0.4, 0.5) is 5.82 Å². The second-order valence-corrected chi connectivity index (χ2v) is 8.81. The van der Waals surface area contributed by atoms with E-state index >= 15 is 0 Å². The number of amidine groups is 1. The van der Waals surface area contributed by atoms with Crippen LogP contribution in [0.1, 0.15) is 49.1 Å². The predicted molar refractivity (Wildman–Crippen MR) is 120 cm³/mol. The Morgan fingerprint density at radius 1 is 1.44 bits per heavy atom. The molecule has 0 aromatic carbocycles. The number of carbonyl (C=O) groups excluding carboxylic acids is 1. The van der Waals surface area contributed by atoms with E-state index in [9.17, 15) is 9.90 Å². The molecule has 2 fully saturated rings. The van der Waals surface area contributed by atoms with Gasteiger partial charge in [0.15, 0.2) is 5.82 Å². The number of hydrogen-bond acceptors (Lipinski definition) is 6. The van der Waals surface area contributed by atoms with Gasteiger partial charge in [-0.1, -0.05) is 0 Å². The normalized spacial score (nSPS) is 30.0. The van der Waals surface area contributed by atoms with E-state index in [-0.39, 0.29) is 11.7 Å². The molecule has 166 valence electrons. The highest BCUT2D eigenvalue weighted by Crippen LogP contribution is 2.38. The number of rotatable bonds is 5. The van der Waals surface area contributed by atoms with Gasteiger partial charge >= 0.3 is 0 Å². The maximum Gasteiger partial charge on any atom is 0.285 e. The lowest BCUT2D eigenvalue weighted by molar-refractivity contribution is -0.136. The minimum atomic E-state index is -2.02. The van der Waals surface area contributed by atoms with Crippen LogP contribution in [0.2, 0.25) is 0 Å². The maximum absolute atomic E-state index is 13.0. The minimum absolute atomic E-state index is 0.115. The average molecular weight is 434 g/mol. The molecule has 9 heteroatoms. The zero-order valence-corrected chi connectivity index (χ0v) is 18.0. The van der Waals surface area contributed by atoms with E-state index in [1.807, 2.05) is 13.0 Å². The van der Waals surface area contributed by atoms with Gasteiger partial charge < -0.3 is 15.7 Å². The zero-order chi connectivity index (χ0) is 22.3. The van der Waals surface area contributed by atoms with Crippen molar-refractivity contribution in [1.82, 2.24) is 25.4 Å². The number of aliphatic hydroxyl groups is 1. The van der Waals surface area contributed by atoms with E-state index in [0.717, 1.165) is 44.3 Å². The third-order valence-corrected chi connectivity index (χ3v) is 6.67. The average Bonchev–Trinajstić information content (AvgIpc) is 3.39. The number of piperidine rings is 1. The number of aryl methyl sites for hydroxylation is 1. The third kappa shape index (κ3) is 3.55. The van der Waals surface area contributed by atoms with E-state index in [1.54, 1.807) is 18.3 Å². The molecule has 0 spiro atoms. The van der Waals surface area contributed by atoms with Gasteiger partial charge in [-0.3, -0.25) is 24.8 Å². The molecule has 2 saturated heterocycles. The van der Waals surface area contributed by atoms with Crippen molar-refractivity contribution in [2.75, 3.05) is 11.9 Å². The molecular weight excluding hydrogens is 406 g/mol. The molecule has 3 aliphatic rings. The number of nitrogens with zero attached hydrogens (tertiary/aromatic N) is 4. The standard InChI is InChI=1S/C23H27N7O2/c1-3-4-10-30-16-7-8-17(30)13-15(12-16)25-21-18-6-5-9-24-20(18)23(32,27-21)22(31)26-19-11-14(2)28-29-19/h1,5-6,9,11,15-17,32H,4,7-8,10,12-13H2,2H3,(H,25,27)(H2,26,28,29,31)/t15?,16-,17+,23?. The van der Waals surface area contributed by atoms with E-state index < -0.39 is 11.6 Å². The van der Waals surface area contributed by atoms with Crippen molar-refractivity contribution in [2.24, 2.45) is 4.99 Å². The van der Waals surface area contributed by atoms with Crippen LogP contribution >= 0.6 is 0 Å². The number of H-pyrrole nitrogens is 1. The maximum atomic E-state index is 13.0. The van der Waals surface area contributed by atoms with Crippen molar-refractivity contribution < 1.29 is 9.90 Å². The Balaban J connectivity index is 1.37. The number of amides is 1. The van der Waals surface area contributed by atoms with Crippen molar-refractivity contribution in [3.63, 3.8) is 0 Å². The summed E-state index contributed by atoms with van der Waals surface area (Å²) < 4.78 is 0. The summed E-state index contributed by atoms with van der Waals surface area (Å²) in [5.74, 6) is 2.93. The molecule has 0 aliphatic carbocycles. The molecule has 2 aromatic heterocycles. The van der Waals surface area contributed by atoms with E-state index in [1.165, 1.54) is 0 Å². The van der Waals surface area contributed by atoms with Crippen LogP contribution in [0.15, 0.2) is 29.4 Å². The SMILES string of the molecule is C#CCCN1[C@@H]2CC[C@H]1CC(N=C1NC(O)(C(=O)Nc3cc(C)[nH]n3)c3ncccc31)C2. The molecule has 3 aliphatic heterocycles. The molecule has 2 aromatic rings. The number of pyridine rings is 1. The smallest absolute Gasteiger partial charge is 0.285 e. The Morgan fingerprint density at radius 2 is 2.22 bits per heavy atom. The van der Waals surface area contributed by atoms with Gasteiger partial charge in [-0.25, -0.2) is 0 Å². The Morgan fingerprint density at radius 3 is 2.91 bits per heavy atom. The van der Waals surface area contributed by atoms with Crippen LogP contribution in [0, 0.1) is 19.3 Å². The highest BCUT2D eigenvalue weighted by atomic mass is 16.3. The fraction of sp³-hybridized carbons (Fsp3) is 0.478. The first-order valence-corrected chi connectivity index (χ1v) is 11.0. The zero-order valence-electron chi connectivity index (χ0n) is 18.0. The van der Waals surface area contributed by atoms with Gasteiger partial charge in [0.25, 0.3) is 11.6 Å². The van der Waals surface area contributed by atoms with Crippen LogP contribution < -0.4 is 10.6 Å². The lowest BCUT2D eigenvalue weighted by Crippen LogP contribution is -2.50. The summed E-state index contributed by atoms with van der Waals surface area (Å²) in [7, 11) is 0. The molecule has 0 radical (unpaired) electrons. The van der Waals surface area contributed by atoms with Gasteiger partial charge in [0.2, 0.25) is 0 Å². The Labute approximate surface area is 186 Å². The molecule has 0 saturated carbocycles. The van der Waals surface area contributed by atoms with Crippen molar-refractivity contribution in [3.8, 4) is 12.3 Å². The highest BCUT2D eigenvalue weighted by molar-refractivity contribution is 6.10. The van der Waals surface area contributed by atoms with Crippen LogP contribution in [0.5, 0.6) is 0 Å². The number of nitrogens with one attached hydrogen (secondary N) is 3. The molecule has 5 heterocycles. The van der Waals surface area contributed by atoms with Crippen LogP contribution in [0.25, 0.3) is 0 Å². The van der Waals surface area contributed by atoms with E-state index in [2.05, 4.69) is 36.6 Å². The molecule has 2 bridgehead atoms. The first-order chi connectivity index (χ1) is 15.5. The highest BCUT2D eigenvalue weighted by Gasteiger charge is 2.49. The number of carbonyl (C=O) groups is 1. The third-order valence-electron chi connectivity index (χ3n) is 6.67. The monoisotopic (exact) mass is 433 g/mol. The lowest BCUT2D eigenvalue weighted by Gasteiger charge is -2.37. The predicted octanol–water partition coefficient (Wildman–Crippen LogP) is 1.27. The second kappa shape index (κ2) is 8.04. The summed E-state index contributed by atoms with van der Waals surface area (Å²) >= 11 is 0. The van der Waals surface area contributed by atoms with Gasteiger partial charge in [-0.15, -0.1) is 12.3 Å². The van der Waals surface area contributed by atoms with Crippen molar-refractivity contribution in [3.05, 3.63) is 41.3 Å². The number of fused-ring (bicyclic) bond motifs is 3. The lowest BCUT2D eigenvalue weighted by atomic mass is 9.97. The topological polar surface area (TPSA) is 119 Å². The fourth-order valence-corrected chi connectivity index (χ4v) is 5.23. The van der Waals surface area contributed by atoms with Gasteiger partial charge in [0.1, 0.15) is 11.5 Å². The molecule has 32 heavy (non-hydrogen) atoms. The van der Waals surface area contributed by atoms with Crippen LogP contribution in [-0.2, 0) is 10.5 Å². The summed E-state index contributed by atoms with van der Waals surface area (Å²) in [6.07, 6.45) is 12.0. The molecule has 4 atom stereocenters. The first kappa shape index (κ1) is 20.7. The quantitative estimate of drug-likeness (QED) is 0.528. The van der Waals surface area contributed by atoms with E-state index in [4.69, 9.17) is 11.4 Å². The summed E-state index contributed by atoms with van der Waals surface area (Å²) in [5, 5.41) is 23.7. The summed E-state index contributed by atoms with van der Waals surface area (Å²) in [6.45, 7) is 2.77. The van der Waals surface area contributed by atoms with Crippen molar-refractivity contribution in [1.29, 1.82) is 0 Å². The Hall–Kier alpha value is -3.22. The number of anilines is 1. The van der Waals surface area contributed by atoms with Crippen LogP contribution in [-0.4, -0.2) is 61.6 Å². The fourth-order valence-electron chi connectivity index (χ4n) is 5.23. The minimum Gasteiger partial charge on any atom is -0.358 e. The molecule has 2 unspecified atom stereocenters. The summed E-state index contributed by atoms with van der Waals surface area (Å²) in [4.78, 5) is 24.8. The Kier molecular flexibility index (Phi) is 5.19. The molecule has 1 amide bonds. The van der Waals surface area contributed by atoms with Gasteiger partial charge in [0.05, 0.1) is 6.04 Å². The van der Waals surface area contributed by atoms with Crippen molar-refractivity contribution >= 4 is 17.6 Å². The molecular formula is C23H27N7O2. The van der Waals surface area contributed by atoms with E-state index in [0.29, 0.717) is 29.3 Å². The largest absolute Gasteiger partial charge is 0.358 e. The number of aromatic nitrogens is 3. The van der Waals surface area contributed by atoms with Crippen LogP contribution in [0.3, 0.4) is 0 Å². The van der Waals surface area contributed by atoms with Crippen molar-refractivity contribution in [2.45, 2.75) is 62.9 Å². The van der Waals surface area contributed by atoms with Gasteiger partial charge in [-0.05, 0) is 44.7 Å². The second-order valence-electron chi connectivity index (χ2n) is 8.81. The molecule has 5 rings (SSSR count). The first-order valence-electron chi connectivity index (χ1n) is 11.0. The summed E-state index contributed by atoms with van der Waals surface area (Å²) in [5.41, 5.74) is -0.326. The molecule has 9 nitrogen and oxygen atoms in total. The molecule has 4 N–H and O–H groups in total.